The second kappa shape index (κ2) is 4.99. The van der Waals surface area contributed by atoms with E-state index in [0.29, 0.717) is 23.7 Å². The van der Waals surface area contributed by atoms with Crippen LogP contribution in [0.4, 0.5) is 0 Å². The third-order valence-corrected chi connectivity index (χ3v) is 4.89. The van der Waals surface area contributed by atoms with Gasteiger partial charge in [-0.15, -0.1) is 0 Å². The molecule has 0 amide bonds. The molecule has 4 atom stereocenters. The van der Waals surface area contributed by atoms with E-state index >= 15 is 0 Å². The second-order valence-corrected chi connectivity index (χ2v) is 6.53. The van der Waals surface area contributed by atoms with Crippen LogP contribution >= 0.6 is 0 Å². The van der Waals surface area contributed by atoms with Gasteiger partial charge in [-0.3, -0.25) is 4.79 Å². The third kappa shape index (κ3) is 2.83. The number of rotatable bonds is 3. The average molecular weight is 238 g/mol. The first kappa shape index (κ1) is 12.9. The van der Waals surface area contributed by atoms with Crippen LogP contribution in [0, 0.1) is 17.3 Å². The highest BCUT2D eigenvalue weighted by atomic mass is 16.5. The van der Waals surface area contributed by atoms with E-state index < -0.39 is 0 Å². The van der Waals surface area contributed by atoms with Crippen LogP contribution < -0.4 is 0 Å². The van der Waals surface area contributed by atoms with Crippen molar-refractivity contribution in [1.29, 1.82) is 0 Å². The van der Waals surface area contributed by atoms with Gasteiger partial charge in [-0.25, -0.2) is 0 Å². The summed E-state index contributed by atoms with van der Waals surface area (Å²) in [6.45, 7) is 6.84. The van der Waals surface area contributed by atoms with Gasteiger partial charge in [0.05, 0.1) is 0 Å². The van der Waals surface area contributed by atoms with E-state index in [4.69, 9.17) is 4.74 Å². The van der Waals surface area contributed by atoms with Crippen molar-refractivity contribution in [2.45, 2.75) is 71.8 Å². The minimum absolute atomic E-state index is 0.0264. The minimum atomic E-state index is 0.0264. The predicted octanol–water partition coefficient (Wildman–Crippen LogP) is 3.93. The molecule has 0 aromatic heterocycles. The molecule has 2 nitrogen and oxygen atoms in total. The summed E-state index contributed by atoms with van der Waals surface area (Å²) in [5.74, 6) is 1.18. The molecule has 2 heteroatoms. The molecule has 1 heterocycles. The molecular weight excluding hydrogens is 212 g/mol. The summed E-state index contributed by atoms with van der Waals surface area (Å²) >= 11 is 0. The first-order chi connectivity index (χ1) is 8.04. The normalized spacial score (nSPS) is 41.8. The van der Waals surface area contributed by atoms with Crippen LogP contribution in [0.2, 0.25) is 0 Å². The van der Waals surface area contributed by atoms with Crippen molar-refractivity contribution >= 4 is 5.97 Å². The van der Waals surface area contributed by atoms with Gasteiger partial charge in [0.15, 0.2) is 0 Å². The van der Waals surface area contributed by atoms with E-state index in [1.54, 1.807) is 0 Å². The quantitative estimate of drug-likeness (QED) is 0.696. The number of carbonyl (C=O) groups is 1. The van der Waals surface area contributed by atoms with E-state index in [1.165, 1.54) is 32.1 Å². The van der Waals surface area contributed by atoms with Gasteiger partial charge in [-0.2, -0.15) is 0 Å². The van der Waals surface area contributed by atoms with E-state index in [9.17, 15) is 4.79 Å². The topological polar surface area (TPSA) is 26.3 Å². The molecule has 2 aliphatic rings. The molecule has 1 aliphatic heterocycles. The largest absolute Gasteiger partial charge is 0.462 e. The standard InChI is InChI=1S/C15H26O2/c1-4-5-7-15(3)8-6-12-11(2)9-14(16)17-13(12)10-15/h11-13H,4-10H2,1-3H3/t11?,12-,13+,15?/m0/s1. The first-order valence-corrected chi connectivity index (χ1v) is 7.23. The highest BCUT2D eigenvalue weighted by Gasteiger charge is 2.44. The summed E-state index contributed by atoms with van der Waals surface area (Å²) in [4.78, 5) is 11.5. The van der Waals surface area contributed by atoms with Gasteiger partial charge in [0.25, 0.3) is 0 Å². The Morgan fingerprint density at radius 2 is 2.24 bits per heavy atom. The summed E-state index contributed by atoms with van der Waals surface area (Å²) < 4.78 is 5.60. The molecule has 0 bridgehead atoms. The first-order valence-electron chi connectivity index (χ1n) is 7.23. The van der Waals surface area contributed by atoms with Gasteiger partial charge in [0.1, 0.15) is 6.10 Å². The number of hydrogen-bond donors (Lipinski definition) is 0. The SMILES string of the molecule is CCCCC1(C)CC[C@H]2C(C)CC(=O)O[C@@H]2C1. The zero-order valence-corrected chi connectivity index (χ0v) is 11.5. The van der Waals surface area contributed by atoms with Crippen LogP contribution in [0.15, 0.2) is 0 Å². The second-order valence-electron chi connectivity index (χ2n) is 6.53. The van der Waals surface area contributed by atoms with Crippen molar-refractivity contribution < 1.29 is 9.53 Å². The van der Waals surface area contributed by atoms with Crippen LogP contribution in [0.3, 0.4) is 0 Å². The summed E-state index contributed by atoms with van der Waals surface area (Å²) in [6.07, 6.45) is 8.35. The fourth-order valence-corrected chi connectivity index (χ4v) is 3.68. The van der Waals surface area contributed by atoms with Crippen molar-refractivity contribution in [2.24, 2.45) is 17.3 Å². The van der Waals surface area contributed by atoms with Crippen LogP contribution in [0.5, 0.6) is 0 Å². The molecular formula is C15H26O2. The number of fused-ring (bicyclic) bond motifs is 1. The van der Waals surface area contributed by atoms with Crippen molar-refractivity contribution in [2.75, 3.05) is 0 Å². The number of esters is 1. The molecule has 17 heavy (non-hydrogen) atoms. The Bertz CT molecular complexity index is 287. The highest BCUT2D eigenvalue weighted by Crippen LogP contribution is 2.47. The van der Waals surface area contributed by atoms with Crippen molar-refractivity contribution in [3.8, 4) is 0 Å². The fourth-order valence-electron chi connectivity index (χ4n) is 3.68. The van der Waals surface area contributed by atoms with Crippen LogP contribution in [-0.2, 0) is 9.53 Å². The molecule has 2 fully saturated rings. The third-order valence-electron chi connectivity index (χ3n) is 4.89. The lowest BCUT2D eigenvalue weighted by Gasteiger charge is -2.46. The summed E-state index contributed by atoms with van der Waals surface area (Å²) in [5, 5.41) is 0. The Morgan fingerprint density at radius 3 is 2.94 bits per heavy atom. The van der Waals surface area contributed by atoms with Crippen LogP contribution in [0.1, 0.15) is 65.7 Å². The van der Waals surface area contributed by atoms with Gasteiger partial charge < -0.3 is 4.74 Å². The van der Waals surface area contributed by atoms with E-state index in [2.05, 4.69) is 20.8 Å². The van der Waals surface area contributed by atoms with Gasteiger partial charge in [-0.05, 0) is 42.9 Å². The average Bonchev–Trinajstić information content (AvgIpc) is 2.25. The van der Waals surface area contributed by atoms with Crippen LogP contribution in [0.25, 0.3) is 0 Å². The number of hydrogen-bond acceptors (Lipinski definition) is 2. The van der Waals surface area contributed by atoms with E-state index in [-0.39, 0.29) is 12.1 Å². The molecule has 1 saturated carbocycles. The molecule has 98 valence electrons. The van der Waals surface area contributed by atoms with Crippen LogP contribution in [-0.4, -0.2) is 12.1 Å². The lowest BCUT2D eigenvalue weighted by atomic mass is 9.64. The lowest BCUT2D eigenvalue weighted by Crippen LogP contribution is -2.45. The molecule has 2 rings (SSSR count). The Kier molecular flexibility index (Phi) is 3.79. The zero-order valence-electron chi connectivity index (χ0n) is 11.5. The molecule has 1 aliphatic carbocycles. The molecule has 2 unspecified atom stereocenters. The summed E-state index contributed by atoms with van der Waals surface area (Å²) in [7, 11) is 0. The predicted molar refractivity (Wildman–Crippen MR) is 68.6 cm³/mol. The van der Waals surface area contributed by atoms with Gasteiger partial charge in [0.2, 0.25) is 0 Å². The minimum Gasteiger partial charge on any atom is -0.462 e. The molecule has 0 aromatic rings. The van der Waals surface area contributed by atoms with Gasteiger partial charge >= 0.3 is 5.97 Å². The Balaban J connectivity index is 1.99. The molecule has 1 saturated heterocycles. The van der Waals surface area contributed by atoms with Gasteiger partial charge in [0, 0.05) is 6.42 Å². The van der Waals surface area contributed by atoms with Crippen molar-refractivity contribution in [1.82, 2.24) is 0 Å². The van der Waals surface area contributed by atoms with E-state index in [0.717, 1.165) is 6.42 Å². The maximum absolute atomic E-state index is 11.5. The summed E-state index contributed by atoms with van der Waals surface area (Å²) in [6, 6.07) is 0. The molecule has 0 aromatic carbocycles. The lowest BCUT2D eigenvalue weighted by molar-refractivity contribution is -0.170. The number of carbonyl (C=O) groups excluding carboxylic acids is 1. The number of ether oxygens (including phenoxy) is 1. The fraction of sp³-hybridized carbons (Fsp3) is 0.933. The molecule has 0 spiro atoms. The molecule has 0 N–H and O–H groups in total. The summed E-state index contributed by atoms with van der Waals surface area (Å²) in [5.41, 5.74) is 0.411. The molecule has 0 radical (unpaired) electrons. The monoisotopic (exact) mass is 238 g/mol. The smallest absolute Gasteiger partial charge is 0.306 e. The number of unbranched alkanes of at least 4 members (excludes halogenated alkanes) is 1. The van der Waals surface area contributed by atoms with Crippen molar-refractivity contribution in [3.63, 3.8) is 0 Å². The maximum atomic E-state index is 11.5. The maximum Gasteiger partial charge on any atom is 0.306 e. The van der Waals surface area contributed by atoms with Crippen molar-refractivity contribution in [3.05, 3.63) is 0 Å². The zero-order chi connectivity index (χ0) is 12.5. The highest BCUT2D eigenvalue weighted by molar-refractivity contribution is 5.70. The Hall–Kier alpha value is -0.530. The van der Waals surface area contributed by atoms with E-state index in [1.807, 2.05) is 0 Å². The van der Waals surface area contributed by atoms with Gasteiger partial charge in [-0.1, -0.05) is 33.6 Å². The Morgan fingerprint density at radius 1 is 1.47 bits per heavy atom. The Labute approximate surface area is 105 Å².